The van der Waals surface area contributed by atoms with Crippen LogP contribution in [0.5, 0.6) is 0 Å². The molecular weight excluding hydrogens is 629 g/mol. The molecule has 0 radical (unpaired) electrons. The van der Waals surface area contributed by atoms with Gasteiger partial charge in [-0.15, -0.1) is 0 Å². The van der Waals surface area contributed by atoms with Crippen LogP contribution in [0.4, 0.5) is 0 Å². The van der Waals surface area contributed by atoms with Gasteiger partial charge in [0.15, 0.2) is 5.82 Å². The average Bonchev–Trinajstić information content (AvgIpc) is 3.23. The lowest BCUT2D eigenvalue weighted by atomic mass is 9.92. The second-order valence-electron chi connectivity index (χ2n) is 13.3. The molecule has 10 aromatic rings. The van der Waals surface area contributed by atoms with E-state index in [-0.39, 0.29) is 0 Å². The fourth-order valence-corrected chi connectivity index (χ4v) is 7.78. The summed E-state index contributed by atoms with van der Waals surface area (Å²) in [5, 5.41) is 14.4. The van der Waals surface area contributed by atoms with Gasteiger partial charge in [-0.2, -0.15) is 0 Å². The molecule has 0 atom stereocenters. The number of fused-ring (bicyclic) bond motifs is 11. The van der Waals surface area contributed by atoms with Crippen LogP contribution < -0.4 is 0 Å². The highest BCUT2D eigenvalue weighted by Crippen LogP contribution is 2.39. The van der Waals surface area contributed by atoms with E-state index in [2.05, 4.69) is 182 Å². The predicted molar refractivity (Wildman–Crippen MR) is 221 cm³/mol. The number of rotatable bonds is 3. The van der Waals surface area contributed by atoms with E-state index in [0.29, 0.717) is 5.82 Å². The van der Waals surface area contributed by atoms with Crippen LogP contribution in [0.2, 0.25) is 0 Å². The lowest BCUT2D eigenvalue weighted by Crippen LogP contribution is -1.96. The van der Waals surface area contributed by atoms with Crippen LogP contribution in [-0.2, 0) is 0 Å². The van der Waals surface area contributed by atoms with Gasteiger partial charge in [0.05, 0.1) is 11.4 Å². The molecule has 0 saturated heterocycles. The molecule has 0 aliphatic rings. The first-order valence-electron chi connectivity index (χ1n) is 17.7. The summed E-state index contributed by atoms with van der Waals surface area (Å²) in [6.45, 7) is 0. The van der Waals surface area contributed by atoms with Crippen molar-refractivity contribution in [3.05, 3.63) is 194 Å². The topological polar surface area (TPSA) is 25.8 Å². The number of hydrogen-bond acceptors (Lipinski definition) is 2. The minimum absolute atomic E-state index is 0.696. The van der Waals surface area contributed by atoms with Crippen LogP contribution in [0.25, 0.3) is 98.5 Å². The van der Waals surface area contributed by atoms with Crippen molar-refractivity contribution >= 4 is 64.6 Å². The van der Waals surface area contributed by atoms with Crippen molar-refractivity contribution in [1.82, 2.24) is 9.97 Å². The van der Waals surface area contributed by atoms with Gasteiger partial charge in [0.1, 0.15) is 0 Å². The van der Waals surface area contributed by atoms with Crippen molar-refractivity contribution in [1.29, 1.82) is 0 Å². The van der Waals surface area contributed by atoms with Gasteiger partial charge in [0.25, 0.3) is 0 Å². The maximum atomic E-state index is 5.23. The number of aromatic nitrogens is 2. The number of nitrogens with zero attached hydrogens (tertiary/aromatic N) is 2. The summed E-state index contributed by atoms with van der Waals surface area (Å²) >= 11 is 0. The molecule has 0 amide bonds. The predicted octanol–water partition coefficient (Wildman–Crippen LogP) is 13.5. The zero-order valence-electron chi connectivity index (χ0n) is 28.4. The molecule has 0 aliphatic heterocycles. The highest BCUT2D eigenvalue weighted by Gasteiger charge is 2.14. The molecule has 0 saturated carbocycles. The van der Waals surface area contributed by atoms with Gasteiger partial charge >= 0.3 is 0 Å². The van der Waals surface area contributed by atoms with Crippen LogP contribution in [0.1, 0.15) is 0 Å². The maximum Gasteiger partial charge on any atom is 0.160 e. The van der Waals surface area contributed by atoms with Gasteiger partial charge in [-0.1, -0.05) is 170 Å². The van der Waals surface area contributed by atoms with Crippen LogP contribution in [-0.4, -0.2) is 9.97 Å². The summed E-state index contributed by atoms with van der Waals surface area (Å²) in [6, 6.07) is 69.6. The van der Waals surface area contributed by atoms with Crippen molar-refractivity contribution in [2.45, 2.75) is 0 Å². The molecule has 1 heterocycles. The summed E-state index contributed by atoms with van der Waals surface area (Å²) in [6.07, 6.45) is 0. The van der Waals surface area contributed by atoms with Gasteiger partial charge in [-0.3, -0.25) is 0 Å². The number of hydrogen-bond donors (Lipinski definition) is 0. The standard InChI is InChI=1S/C50H32N2/c1-3-15-33(16-4-1)48-32-49(34-17-5-2-6-18-34)52-50(51-48)37-27-28-44-42-25-12-11-23-40(42)38-21-9-10-22-39(38)41-24-13-14-26-43(41)45-29-35-19-7-8-20-36(35)30-47(45)46(44)31-37/h1-32H. The van der Waals surface area contributed by atoms with E-state index in [4.69, 9.17) is 9.97 Å². The van der Waals surface area contributed by atoms with E-state index in [1.807, 2.05) is 12.1 Å². The lowest BCUT2D eigenvalue weighted by molar-refractivity contribution is 1.18. The first-order valence-corrected chi connectivity index (χ1v) is 17.7. The minimum atomic E-state index is 0.696. The second-order valence-corrected chi connectivity index (χ2v) is 13.3. The molecule has 0 bridgehead atoms. The Morgan fingerprint density at radius 1 is 0.231 bits per heavy atom. The SMILES string of the molecule is c1ccc(-c2cc(-c3ccccc3)nc(-c3ccc4c5ccccc5c5ccccc5c5ccccc5c5cc6ccccc6cc5c4c3)n2)cc1. The van der Waals surface area contributed by atoms with E-state index in [1.54, 1.807) is 0 Å². The molecule has 1 aromatic heterocycles. The Kier molecular flexibility index (Phi) is 7.18. The molecule has 0 aliphatic carbocycles. The van der Waals surface area contributed by atoms with Crippen molar-refractivity contribution < 1.29 is 0 Å². The summed E-state index contributed by atoms with van der Waals surface area (Å²) in [4.78, 5) is 10.5. The summed E-state index contributed by atoms with van der Waals surface area (Å²) < 4.78 is 0. The average molecular weight is 661 g/mol. The van der Waals surface area contributed by atoms with Crippen molar-refractivity contribution in [2.24, 2.45) is 0 Å². The fourth-order valence-electron chi connectivity index (χ4n) is 7.78. The molecule has 0 fully saturated rings. The third-order valence-electron chi connectivity index (χ3n) is 10.3. The van der Waals surface area contributed by atoms with Crippen LogP contribution in [0, 0.1) is 0 Å². The Labute approximate surface area is 301 Å². The Morgan fingerprint density at radius 3 is 1.04 bits per heavy atom. The van der Waals surface area contributed by atoms with Crippen LogP contribution in [0.3, 0.4) is 0 Å². The van der Waals surface area contributed by atoms with Crippen molar-refractivity contribution in [2.75, 3.05) is 0 Å². The molecule has 0 spiro atoms. The van der Waals surface area contributed by atoms with Crippen molar-refractivity contribution in [3.63, 3.8) is 0 Å². The quantitative estimate of drug-likeness (QED) is 0.188. The van der Waals surface area contributed by atoms with Crippen LogP contribution in [0.15, 0.2) is 194 Å². The van der Waals surface area contributed by atoms with Gasteiger partial charge in [0.2, 0.25) is 0 Å². The Balaban J connectivity index is 1.41. The molecule has 2 nitrogen and oxygen atoms in total. The van der Waals surface area contributed by atoms with E-state index in [1.165, 1.54) is 59.2 Å². The van der Waals surface area contributed by atoms with Crippen molar-refractivity contribution in [3.8, 4) is 33.9 Å². The van der Waals surface area contributed by atoms with Gasteiger partial charge in [0, 0.05) is 16.7 Å². The first-order chi connectivity index (χ1) is 25.8. The summed E-state index contributed by atoms with van der Waals surface area (Å²) in [5.74, 6) is 0.696. The van der Waals surface area contributed by atoms with Gasteiger partial charge in [-0.25, -0.2) is 9.97 Å². The third kappa shape index (κ3) is 5.12. The summed E-state index contributed by atoms with van der Waals surface area (Å²) in [5.41, 5.74) is 4.88. The van der Waals surface area contributed by atoms with Gasteiger partial charge < -0.3 is 0 Å². The van der Waals surface area contributed by atoms with Crippen LogP contribution >= 0.6 is 0 Å². The minimum Gasteiger partial charge on any atom is -0.228 e. The molecule has 10 rings (SSSR count). The highest BCUT2D eigenvalue weighted by atomic mass is 14.9. The monoisotopic (exact) mass is 660 g/mol. The lowest BCUT2D eigenvalue weighted by Gasteiger charge is -2.13. The van der Waals surface area contributed by atoms with E-state index >= 15 is 0 Å². The molecular formula is C50H32N2. The third-order valence-corrected chi connectivity index (χ3v) is 10.3. The molecule has 0 unspecified atom stereocenters. The number of benzene rings is 8. The zero-order chi connectivity index (χ0) is 34.4. The second kappa shape index (κ2) is 12.5. The van der Waals surface area contributed by atoms with E-state index in [9.17, 15) is 0 Å². The zero-order valence-corrected chi connectivity index (χ0v) is 28.4. The van der Waals surface area contributed by atoms with Gasteiger partial charge in [-0.05, 0) is 88.9 Å². The smallest absolute Gasteiger partial charge is 0.160 e. The Hall–Kier alpha value is -6.90. The Morgan fingerprint density at radius 2 is 0.577 bits per heavy atom. The van der Waals surface area contributed by atoms with E-state index in [0.717, 1.165) is 33.5 Å². The fraction of sp³-hybridized carbons (Fsp3) is 0. The molecule has 0 N–H and O–H groups in total. The molecule has 2 heteroatoms. The highest BCUT2D eigenvalue weighted by molar-refractivity contribution is 6.27. The first kappa shape index (κ1) is 30.0. The molecule has 242 valence electrons. The largest absolute Gasteiger partial charge is 0.228 e. The normalized spacial score (nSPS) is 11.5. The summed E-state index contributed by atoms with van der Waals surface area (Å²) in [7, 11) is 0. The maximum absolute atomic E-state index is 5.23. The molecule has 9 aromatic carbocycles. The Bertz CT molecular complexity index is 3000. The molecule has 52 heavy (non-hydrogen) atoms. The van der Waals surface area contributed by atoms with E-state index < -0.39 is 0 Å².